The second-order valence-electron chi connectivity index (χ2n) is 6.01. The normalized spacial score (nSPS) is 14.0. The number of anilines is 2. The van der Waals surface area contributed by atoms with Crippen LogP contribution in [0.5, 0.6) is 0 Å². The van der Waals surface area contributed by atoms with E-state index in [0.717, 1.165) is 5.82 Å². The average molecular weight is 389 g/mol. The second kappa shape index (κ2) is 8.73. The van der Waals surface area contributed by atoms with Crippen LogP contribution in [0.1, 0.15) is 17.3 Å². The minimum Gasteiger partial charge on any atom is -0.450 e. The summed E-state index contributed by atoms with van der Waals surface area (Å²) in [7, 11) is 0. The zero-order chi connectivity index (χ0) is 19.2. The highest BCUT2D eigenvalue weighted by atomic mass is 35.5. The highest BCUT2D eigenvalue weighted by Gasteiger charge is 2.22. The number of halogens is 1. The Balaban J connectivity index is 1.57. The number of ether oxygens (including phenoxy) is 1. The van der Waals surface area contributed by atoms with Gasteiger partial charge < -0.3 is 19.9 Å². The van der Waals surface area contributed by atoms with Crippen molar-refractivity contribution in [3.63, 3.8) is 0 Å². The highest BCUT2D eigenvalue weighted by Crippen LogP contribution is 2.19. The molecule has 2 aromatic rings. The molecule has 1 saturated heterocycles. The molecule has 27 heavy (non-hydrogen) atoms. The Bertz CT molecular complexity index is 805. The zero-order valence-corrected chi connectivity index (χ0v) is 15.8. The smallest absolute Gasteiger partial charge is 0.409 e. The van der Waals surface area contributed by atoms with Gasteiger partial charge in [-0.05, 0) is 31.2 Å². The molecule has 142 valence electrons. The maximum absolute atomic E-state index is 12.3. The van der Waals surface area contributed by atoms with Gasteiger partial charge >= 0.3 is 6.09 Å². The first-order chi connectivity index (χ1) is 13.1. The third kappa shape index (κ3) is 4.68. The molecule has 1 aromatic carbocycles. The van der Waals surface area contributed by atoms with Gasteiger partial charge in [0.2, 0.25) is 0 Å². The van der Waals surface area contributed by atoms with E-state index in [9.17, 15) is 9.59 Å². The number of aromatic nitrogens is 1. The average Bonchev–Trinajstić information content (AvgIpc) is 2.69. The molecule has 0 radical (unpaired) electrons. The van der Waals surface area contributed by atoms with Crippen LogP contribution < -0.4 is 10.2 Å². The fourth-order valence-corrected chi connectivity index (χ4v) is 3.05. The van der Waals surface area contributed by atoms with Crippen LogP contribution in [-0.2, 0) is 4.74 Å². The number of amides is 2. The van der Waals surface area contributed by atoms with Crippen LogP contribution in [0.3, 0.4) is 0 Å². The summed E-state index contributed by atoms with van der Waals surface area (Å²) < 4.78 is 5.02. The number of nitrogens with zero attached hydrogens (tertiary/aromatic N) is 3. The lowest BCUT2D eigenvalue weighted by atomic mass is 10.2. The van der Waals surface area contributed by atoms with Gasteiger partial charge in [-0.15, -0.1) is 0 Å². The summed E-state index contributed by atoms with van der Waals surface area (Å²) in [4.78, 5) is 32.2. The molecule has 2 amide bonds. The van der Waals surface area contributed by atoms with Gasteiger partial charge in [-0.2, -0.15) is 0 Å². The van der Waals surface area contributed by atoms with Crippen molar-refractivity contribution in [2.45, 2.75) is 6.92 Å². The molecule has 1 fully saturated rings. The lowest BCUT2D eigenvalue weighted by molar-refractivity contribution is 0.102. The van der Waals surface area contributed by atoms with Crippen LogP contribution in [0.25, 0.3) is 0 Å². The zero-order valence-electron chi connectivity index (χ0n) is 15.0. The third-order valence-electron chi connectivity index (χ3n) is 4.25. The summed E-state index contributed by atoms with van der Waals surface area (Å²) >= 11 is 6.05. The Morgan fingerprint density at radius 2 is 1.89 bits per heavy atom. The van der Waals surface area contributed by atoms with Crippen molar-refractivity contribution in [3.05, 3.63) is 53.2 Å². The fourth-order valence-electron chi connectivity index (χ4n) is 2.82. The molecule has 0 aliphatic carbocycles. The summed E-state index contributed by atoms with van der Waals surface area (Å²) in [5.74, 6) is 0.521. The van der Waals surface area contributed by atoms with Crippen molar-refractivity contribution < 1.29 is 14.3 Å². The van der Waals surface area contributed by atoms with E-state index in [1.54, 1.807) is 48.4 Å². The topological polar surface area (TPSA) is 74.8 Å². The molecule has 0 atom stereocenters. The second-order valence-corrected chi connectivity index (χ2v) is 6.42. The van der Waals surface area contributed by atoms with Gasteiger partial charge in [0.05, 0.1) is 29.1 Å². The molecule has 8 heteroatoms. The van der Waals surface area contributed by atoms with Crippen molar-refractivity contribution in [2.24, 2.45) is 0 Å². The Kier molecular flexibility index (Phi) is 6.13. The first-order valence-corrected chi connectivity index (χ1v) is 9.15. The van der Waals surface area contributed by atoms with Crippen LogP contribution in [0.15, 0.2) is 42.6 Å². The SMILES string of the molecule is CCOC(=O)N1CCN(c2ccc(NC(=O)c3ccccc3Cl)cn2)CC1. The van der Waals surface area contributed by atoms with Gasteiger partial charge in [-0.25, -0.2) is 9.78 Å². The lowest BCUT2D eigenvalue weighted by Gasteiger charge is -2.34. The summed E-state index contributed by atoms with van der Waals surface area (Å²) in [5.41, 5.74) is 1.01. The van der Waals surface area contributed by atoms with Crippen molar-refractivity contribution in [1.29, 1.82) is 0 Å². The molecule has 0 spiro atoms. The summed E-state index contributed by atoms with van der Waals surface area (Å²) in [5, 5.41) is 3.19. The molecule has 1 aromatic heterocycles. The van der Waals surface area contributed by atoms with Crippen LogP contribution in [0.4, 0.5) is 16.3 Å². The summed E-state index contributed by atoms with van der Waals surface area (Å²) in [6, 6.07) is 10.5. The molecule has 0 bridgehead atoms. The number of piperazine rings is 1. The number of carbonyl (C=O) groups is 2. The van der Waals surface area contributed by atoms with E-state index < -0.39 is 0 Å². The number of rotatable bonds is 4. The van der Waals surface area contributed by atoms with E-state index in [2.05, 4.69) is 15.2 Å². The number of benzene rings is 1. The van der Waals surface area contributed by atoms with E-state index in [1.807, 2.05) is 6.07 Å². The number of hydrogen-bond acceptors (Lipinski definition) is 5. The van der Waals surface area contributed by atoms with Crippen LogP contribution in [0, 0.1) is 0 Å². The predicted octanol–water partition coefficient (Wildman–Crippen LogP) is 3.27. The molecule has 3 rings (SSSR count). The summed E-state index contributed by atoms with van der Waals surface area (Å²) in [6.07, 6.45) is 1.34. The Hall–Kier alpha value is -2.80. The van der Waals surface area contributed by atoms with E-state index >= 15 is 0 Å². The minimum absolute atomic E-state index is 0.275. The number of nitrogens with one attached hydrogen (secondary N) is 1. The number of pyridine rings is 1. The molecule has 1 N–H and O–H groups in total. The molecule has 1 aliphatic rings. The van der Waals surface area contributed by atoms with E-state index in [1.165, 1.54) is 0 Å². The summed E-state index contributed by atoms with van der Waals surface area (Å²) in [6.45, 7) is 4.71. The third-order valence-corrected chi connectivity index (χ3v) is 4.58. The molecule has 2 heterocycles. The van der Waals surface area contributed by atoms with Gasteiger partial charge in [-0.1, -0.05) is 23.7 Å². The van der Waals surface area contributed by atoms with Gasteiger partial charge in [0.15, 0.2) is 0 Å². The highest BCUT2D eigenvalue weighted by molar-refractivity contribution is 6.34. The molecule has 7 nitrogen and oxygen atoms in total. The largest absolute Gasteiger partial charge is 0.450 e. The Morgan fingerprint density at radius 1 is 1.15 bits per heavy atom. The number of hydrogen-bond donors (Lipinski definition) is 1. The minimum atomic E-state index is -0.279. The maximum Gasteiger partial charge on any atom is 0.409 e. The van der Waals surface area contributed by atoms with Crippen molar-refractivity contribution >= 4 is 35.1 Å². The fraction of sp³-hybridized carbons (Fsp3) is 0.316. The lowest BCUT2D eigenvalue weighted by Crippen LogP contribution is -2.49. The number of carbonyl (C=O) groups excluding carboxylic acids is 2. The molecular formula is C19H21ClN4O3. The van der Waals surface area contributed by atoms with Crippen molar-refractivity contribution in [2.75, 3.05) is 43.0 Å². The molecule has 0 unspecified atom stereocenters. The van der Waals surface area contributed by atoms with Crippen LogP contribution in [-0.4, -0.2) is 54.7 Å². The van der Waals surface area contributed by atoms with Crippen LogP contribution in [0.2, 0.25) is 5.02 Å². The monoisotopic (exact) mass is 388 g/mol. The van der Waals surface area contributed by atoms with Gasteiger partial charge in [-0.3, -0.25) is 4.79 Å². The molecule has 1 aliphatic heterocycles. The first-order valence-electron chi connectivity index (χ1n) is 8.77. The van der Waals surface area contributed by atoms with Crippen molar-refractivity contribution in [1.82, 2.24) is 9.88 Å². The Morgan fingerprint density at radius 3 is 2.52 bits per heavy atom. The van der Waals surface area contributed by atoms with Gasteiger partial charge in [0, 0.05) is 26.2 Å². The van der Waals surface area contributed by atoms with E-state index in [-0.39, 0.29) is 12.0 Å². The van der Waals surface area contributed by atoms with E-state index in [4.69, 9.17) is 16.3 Å². The Labute approximate surface area is 162 Å². The maximum atomic E-state index is 12.3. The van der Waals surface area contributed by atoms with E-state index in [0.29, 0.717) is 49.1 Å². The van der Waals surface area contributed by atoms with Gasteiger partial charge in [0.1, 0.15) is 5.82 Å². The quantitative estimate of drug-likeness (QED) is 0.870. The first kappa shape index (κ1) is 19.0. The standard InChI is InChI=1S/C19H21ClN4O3/c1-2-27-19(26)24-11-9-23(10-12-24)17-8-7-14(13-21-17)22-18(25)15-5-3-4-6-16(15)20/h3-8,13H,2,9-12H2,1H3,(H,22,25). The van der Waals surface area contributed by atoms with Crippen LogP contribution >= 0.6 is 11.6 Å². The molecule has 0 saturated carbocycles. The van der Waals surface area contributed by atoms with Gasteiger partial charge in [0.25, 0.3) is 5.91 Å². The predicted molar refractivity (Wildman–Crippen MR) is 104 cm³/mol. The van der Waals surface area contributed by atoms with Crippen molar-refractivity contribution in [3.8, 4) is 0 Å². The molecular weight excluding hydrogens is 368 g/mol.